The van der Waals surface area contributed by atoms with Gasteiger partial charge in [0.05, 0.1) is 11.1 Å². The van der Waals surface area contributed by atoms with E-state index in [0.717, 1.165) is 35.8 Å². The van der Waals surface area contributed by atoms with E-state index < -0.39 is 0 Å². The van der Waals surface area contributed by atoms with Gasteiger partial charge in [0, 0.05) is 17.3 Å². The van der Waals surface area contributed by atoms with Crippen molar-refractivity contribution in [1.82, 2.24) is 20.1 Å². The molecule has 21 heavy (non-hydrogen) atoms. The van der Waals surface area contributed by atoms with E-state index in [1.165, 1.54) is 4.88 Å². The van der Waals surface area contributed by atoms with Crippen molar-refractivity contribution in [3.8, 4) is 0 Å². The van der Waals surface area contributed by atoms with Gasteiger partial charge in [0.15, 0.2) is 0 Å². The van der Waals surface area contributed by atoms with Gasteiger partial charge in [-0.15, -0.1) is 11.3 Å². The highest BCUT2D eigenvalue weighted by molar-refractivity contribution is 7.10. The molecule has 0 aliphatic rings. The van der Waals surface area contributed by atoms with Crippen LogP contribution < -0.4 is 5.32 Å². The number of hydrogen-bond acceptors (Lipinski definition) is 4. The molecule has 2 rings (SSSR count). The van der Waals surface area contributed by atoms with Gasteiger partial charge < -0.3 is 5.32 Å². The lowest BCUT2D eigenvalue weighted by Crippen LogP contribution is -2.25. The van der Waals surface area contributed by atoms with Gasteiger partial charge in [0.2, 0.25) is 0 Å². The molecule has 2 heterocycles. The third-order valence-corrected chi connectivity index (χ3v) is 5.23. The van der Waals surface area contributed by atoms with E-state index in [-0.39, 0.29) is 6.04 Å². The van der Waals surface area contributed by atoms with E-state index in [9.17, 15) is 0 Å². The highest BCUT2D eigenvalue weighted by Gasteiger charge is 2.21. The summed E-state index contributed by atoms with van der Waals surface area (Å²) in [4.78, 5) is 5.62. The summed E-state index contributed by atoms with van der Waals surface area (Å²) in [5.41, 5.74) is 1.14. The van der Waals surface area contributed by atoms with Gasteiger partial charge in [0.25, 0.3) is 0 Å². The van der Waals surface area contributed by atoms with E-state index in [1.807, 2.05) is 4.68 Å². The number of hydrogen-bond donors (Lipinski definition) is 1. The van der Waals surface area contributed by atoms with Crippen LogP contribution in [0.1, 0.15) is 55.5 Å². The molecule has 0 saturated carbocycles. The Morgan fingerprint density at radius 1 is 1.43 bits per heavy atom. The zero-order valence-electron chi connectivity index (χ0n) is 13.1. The molecular weight excluding hydrogens is 304 g/mol. The first-order valence-corrected chi connectivity index (χ1v) is 8.65. The lowest BCUT2D eigenvalue weighted by molar-refractivity contribution is 0.466. The highest BCUT2D eigenvalue weighted by Crippen LogP contribution is 2.34. The fourth-order valence-corrected chi connectivity index (χ4v) is 3.70. The first kappa shape index (κ1) is 16.5. The average Bonchev–Trinajstić information content (AvgIpc) is 3.03. The molecule has 4 nitrogen and oxygen atoms in total. The van der Waals surface area contributed by atoms with Crippen molar-refractivity contribution in [2.45, 2.75) is 52.6 Å². The third kappa shape index (κ3) is 3.84. The van der Waals surface area contributed by atoms with Crippen LogP contribution in [0.4, 0.5) is 0 Å². The smallest absolute Gasteiger partial charge is 0.138 e. The van der Waals surface area contributed by atoms with Gasteiger partial charge in [-0.2, -0.15) is 5.10 Å². The number of aromatic nitrogens is 3. The highest BCUT2D eigenvalue weighted by atomic mass is 35.5. The van der Waals surface area contributed by atoms with Crippen molar-refractivity contribution in [2.75, 3.05) is 6.54 Å². The predicted octanol–water partition coefficient (Wildman–Crippen LogP) is 4.17. The van der Waals surface area contributed by atoms with Gasteiger partial charge >= 0.3 is 0 Å². The van der Waals surface area contributed by atoms with Crippen molar-refractivity contribution >= 4 is 22.9 Å². The topological polar surface area (TPSA) is 42.7 Å². The van der Waals surface area contributed by atoms with Crippen molar-refractivity contribution in [3.05, 3.63) is 33.0 Å². The summed E-state index contributed by atoms with van der Waals surface area (Å²) < 4.78 is 1.98. The third-order valence-electron chi connectivity index (χ3n) is 3.41. The first-order valence-electron chi connectivity index (χ1n) is 7.39. The Morgan fingerprint density at radius 3 is 2.76 bits per heavy atom. The van der Waals surface area contributed by atoms with Crippen LogP contribution >= 0.6 is 22.9 Å². The first-order chi connectivity index (χ1) is 10.0. The summed E-state index contributed by atoms with van der Waals surface area (Å²) in [6.07, 6.45) is 3.53. The SMILES string of the molecule is CCCNC(Cc1ncnn1C(C)C)c1scc(C)c1Cl. The number of nitrogens with zero attached hydrogens (tertiary/aromatic N) is 3. The van der Waals surface area contributed by atoms with Gasteiger partial charge in [-0.05, 0) is 44.7 Å². The Hall–Kier alpha value is -0.910. The number of aryl methyl sites for hydroxylation is 1. The summed E-state index contributed by atoms with van der Waals surface area (Å²) in [6, 6.07) is 0.507. The average molecular weight is 327 g/mol. The minimum absolute atomic E-state index is 0.192. The summed E-state index contributed by atoms with van der Waals surface area (Å²) in [5, 5.41) is 10.9. The molecule has 0 aliphatic carbocycles. The number of rotatable bonds is 7. The lowest BCUT2D eigenvalue weighted by atomic mass is 10.1. The zero-order chi connectivity index (χ0) is 15.4. The Bertz CT molecular complexity index is 576. The molecule has 0 saturated heterocycles. The summed E-state index contributed by atoms with van der Waals surface area (Å²) >= 11 is 8.17. The quantitative estimate of drug-likeness (QED) is 0.830. The van der Waals surface area contributed by atoms with Gasteiger partial charge in [-0.1, -0.05) is 18.5 Å². The maximum absolute atomic E-state index is 6.45. The summed E-state index contributed by atoms with van der Waals surface area (Å²) in [6.45, 7) is 9.43. The van der Waals surface area contributed by atoms with Crippen molar-refractivity contribution in [1.29, 1.82) is 0 Å². The van der Waals surface area contributed by atoms with E-state index >= 15 is 0 Å². The molecule has 0 fully saturated rings. The van der Waals surface area contributed by atoms with Crippen LogP contribution in [0.5, 0.6) is 0 Å². The van der Waals surface area contributed by atoms with Crippen LogP contribution in [0.3, 0.4) is 0 Å². The Balaban J connectivity index is 2.24. The van der Waals surface area contributed by atoms with E-state index in [2.05, 4.69) is 48.5 Å². The number of thiophene rings is 1. The van der Waals surface area contributed by atoms with Crippen molar-refractivity contribution in [3.63, 3.8) is 0 Å². The molecule has 2 aromatic heterocycles. The second-order valence-corrected chi connectivity index (χ2v) is 6.81. The molecular formula is C15H23ClN4S. The monoisotopic (exact) mass is 326 g/mol. The lowest BCUT2D eigenvalue weighted by Gasteiger charge is -2.19. The Labute approximate surface area is 135 Å². The molecule has 0 aliphatic heterocycles. The van der Waals surface area contributed by atoms with Crippen molar-refractivity contribution in [2.24, 2.45) is 0 Å². The molecule has 1 atom stereocenters. The normalized spacial score (nSPS) is 13.0. The number of nitrogens with one attached hydrogen (secondary N) is 1. The van der Waals surface area contributed by atoms with Crippen LogP contribution in [0.15, 0.2) is 11.7 Å². The maximum Gasteiger partial charge on any atom is 0.138 e. The minimum atomic E-state index is 0.192. The molecule has 0 radical (unpaired) electrons. The van der Waals surface area contributed by atoms with Crippen LogP contribution in [0, 0.1) is 6.92 Å². The summed E-state index contributed by atoms with van der Waals surface area (Å²) in [5.74, 6) is 1.00. The molecule has 0 aromatic carbocycles. The van der Waals surface area contributed by atoms with E-state index in [0.29, 0.717) is 6.04 Å². The second-order valence-electron chi connectivity index (χ2n) is 5.52. The maximum atomic E-state index is 6.45. The standard InChI is InChI=1S/C15H23ClN4S/c1-5-6-17-12(15-14(16)11(4)8-21-15)7-13-18-9-19-20(13)10(2)3/h8-10,12,17H,5-7H2,1-4H3. The molecule has 1 N–H and O–H groups in total. The Morgan fingerprint density at radius 2 is 2.19 bits per heavy atom. The van der Waals surface area contributed by atoms with Gasteiger partial charge in [0.1, 0.15) is 12.2 Å². The molecule has 1 unspecified atom stereocenters. The van der Waals surface area contributed by atoms with Crippen LogP contribution in [0.2, 0.25) is 5.02 Å². The van der Waals surface area contributed by atoms with E-state index in [4.69, 9.17) is 11.6 Å². The molecule has 2 aromatic rings. The second kappa shape index (κ2) is 7.38. The van der Waals surface area contributed by atoms with Gasteiger partial charge in [-0.3, -0.25) is 0 Å². The fraction of sp³-hybridized carbons (Fsp3) is 0.600. The van der Waals surface area contributed by atoms with Crippen molar-refractivity contribution < 1.29 is 0 Å². The minimum Gasteiger partial charge on any atom is -0.309 e. The Kier molecular flexibility index (Phi) is 5.79. The van der Waals surface area contributed by atoms with Crippen LogP contribution in [-0.4, -0.2) is 21.3 Å². The molecule has 0 amide bonds. The van der Waals surface area contributed by atoms with Gasteiger partial charge in [-0.25, -0.2) is 9.67 Å². The predicted molar refractivity (Wildman–Crippen MR) is 89.2 cm³/mol. The zero-order valence-corrected chi connectivity index (χ0v) is 14.6. The molecule has 0 spiro atoms. The molecule has 116 valence electrons. The van der Waals surface area contributed by atoms with E-state index in [1.54, 1.807) is 17.7 Å². The van der Waals surface area contributed by atoms with Crippen LogP contribution in [-0.2, 0) is 6.42 Å². The molecule has 0 bridgehead atoms. The fourth-order valence-electron chi connectivity index (χ4n) is 2.29. The number of halogens is 1. The van der Waals surface area contributed by atoms with Crippen LogP contribution in [0.25, 0.3) is 0 Å². The molecule has 6 heteroatoms. The largest absolute Gasteiger partial charge is 0.309 e. The summed E-state index contributed by atoms with van der Waals surface area (Å²) in [7, 11) is 0.